The van der Waals surface area contributed by atoms with Crippen LogP contribution in [0.2, 0.25) is 5.02 Å². The van der Waals surface area contributed by atoms with Gasteiger partial charge >= 0.3 is 0 Å². The van der Waals surface area contributed by atoms with Gasteiger partial charge in [-0.3, -0.25) is 4.79 Å². The van der Waals surface area contributed by atoms with E-state index < -0.39 is 10.0 Å². The Labute approximate surface area is 136 Å². The van der Waals surface area contributed by atoms with Crippen molar-refractivity contribution in [2.24, 2.45) is 0 Å². The van der Waals surface area contributed by atoms with Crippen LogP contribution < -0.4 is 9.46 Å². The quantitative estimate of drug-likeness (QED) is 0.778. The summed E-state index contributed by atoms with van der Waals surface area (Å²) >= 11 is 5.91. The lowest BCUT2D eigenvalue weighted by molar-refractivity contribution is -0.128. The predicted molar refractivity (Wildman–Crippen MR) is 85.7 cm³/mol. The molecule has 0 aliphatic rings. The Bertz CT molecular complexity index is 619. The molecular formula is C14H21ClN2O4S. The fourth-order valence-corrected chi connectivity index (χ4v) is 3.03. The van der Waals surface area contributed by atoms with Crippen molar-refractivity contribution in [2.45, 2.75) is 24.7 Å². The zero-order valence-electron chi connectivity index (χ0n) is 12.9. The second kappa shape index (κ2) is 8.36. The highest BCUT2D eigenvalue weighted by Gasteiger charge is 2.18. The standard InChI is InChI=1S/C14H21ClN2O4S/c1-4-5-8-17(2)14(18)10-16-22(19,20)11-6-7-13(21-3)12(15)9-11/h6-7,9,16H,4-5,8,10H2,1-3H3. The first-order chi connectivity index (χ1) is 10.3. The number of hydrogen-bond donors (Lipinski definition) is 1. The lowest BCUT2D eigenvalue weighted by Gasteiger charge is -2.17. The van der Waals surface area contributed by atoms with Gasteiger partial charge in [0.15, 0.2) is 0 Å². The zero-order chi connectivity index (χ0) is 16.8. The SMILES string of the molecule is CCCCN(C)C(=O)CNS(=O)(=O)c1ccc(OC)c(Cl)c1. The fraction of sp³-hybridized carbons (Fsp3) is 0.500. The summed E-state index contributed by atoms with van der Waals surface area (Å²) in [4.78, 5) is 13.3. The topological polar surface area (TPSA) is 75.7 Å². The number of likely N-dealkylation sites (N-methyl/N-ethyl adjacent to an activating group) is 1. The molecule has 1 amide bonds. The maximum atomic E-state index is 12.1. The van der Waals surface area contributed by atoms with Crippen molar-refractivity contribution in [2.75, 3.05) is 27.2 Å². The fourth-order valence-electron chi connectivity index (χ4n) is 1.71. The van der Waals surface area contributed by atoms with E-state index in [9.17, 15) is 13.2 Å². The summed E-state index contributed by atoms with van der Waals surface area (Å²) in [6.45, 7) is 2.34. The summed E-state index contributed by atoms with van der Waals surface area (Å²) in [7, 11) is -0.702. The molecule has 0 aliphatic carbocycles. The second-order valence-electron chi connectivity index (χ2n) is 4.79. The summed E-state index contributed by atoms with van der Waals surface area (Å²) in [5.41, 5.74) is 0. The third kappa shape index (κ3) is 5.15. The van der Waals surface area contributed by atoms with Crippen molar-refractivity contribution in [3.8, 4) is 5.75 Å². The van der Waals surface area contributed by atoms with Crippen LogP contribution in [0.1, 0.15) is 19.8 Å². The highest BCUT2D eigenvalue weighted by molar-refractivity contribution is 7.89. The minimum atomic E-state index is -3.79. The van der Waals surface area contributed by atoms with Gasteiger partial charge in [0.2, 0.25) is 15.9 Å². The van der Waals surface area contributed by atoms with Crippen LogP contribution >= 0.6 is 11.6 Å². The number of carbonyl (C=O) groups is 1. The van der Waals surface area contributed by atoms with Gasteiger partial charge in [-0.15, -0.1) is 0 Å². The van der Waals surface area contributed by atoms with E-state index in [1.807, 2.05) is 6.92 Å². The van der Waals surface area contributed by atoms with Crippen LogP contribution in [-0.4, -0.2) is 46.5 Å². The number of nitrogens with zero attached hydrogens (tertiary/aromatic N) is 1. The Balaban J connectivity index is 2.72. The van der Waals surface area contributed by atoms with Crippen molar-refractivity contribution in [1.82, 2.24) is 9.62 Å². The molecule has 0 fully saturated rings. The number of amides is 1. The van der Waals surface area contributed by atoms with Crippen molar-refractivity contribution < 1.29 is 17.9 Å². The number of benzene rings is 1. The first-order valence-corrected chi connectivity index (χ1v) is 8.75. The van der Waals surface area contributed by atoms with Gasteiger partial charge in [0.1, 0.15) is 5.75 Å². The molecule has 1 rings (SSSR count). The highest BCUT2D eigenvalue weighted by Crippen LogP contribution is 2.26. The van der Waals surface area contributed by atoms with E-state index >= 15 is 0 Å². The molecule has 0 unspecified atom stereocenters. The maximum absolute atomic E-state index is 12.1. The first-order valence-electron chi connectivity index (χ1n) is 6.89. The van der Waals surface area contributed by atoms with E-state index in [1.54, 1.807) is 7.05 Å². The van der Waals surface area contributed by atoms with Crippen LogP contribution in [0, 0.1) is 0 Å². The number of rotatable bonds is 8. The largest absolute Gasteiger partial charge is 0.495 e. The van der Waals surface area contributed by atoms with E-state index in [0.717, 1.165) is 12.8 Å². The number of unbranched alkanes of at least 4 members (excludes halogenated alkanes) is 1. The molecule has 1 N–H and O–H groups in total. The smallest absolute Gasteiger partial charge is 0.241 e. The summed E-state index contributed by atoms with van der Waals surface area (Å²) in [5.74, 6) is 0.104. The van der Waals surface area contributed by atoms with Gasteiger partial charge < -0.3 is 9.64 Å². The van der Waals surface area contributed by atoms with Gasteiger partial charge in [-0.2, -0.15) is 0 Å². The monoisotopic (exact) mass is 348 g/mol. The number of halogens is 1. The molecule has 124 valence electrons. The lowest BCUT2D eigenvalue weighted by atomic mass is 10.3. The summed E-state index contributed by atoms with van der Waals surface area (Å²) in [5, 5.41) is 0.191. The summed E-state index contributed by atoms with van der Waals surface area (Å²) in [6.07, 6.45) is 1.84. The van der Waals surface area contributed by atoms with E-state index in [2.05, 4.69) is 4.72 Å². The average molecular weight is 349 g/mol. The number of carbonyl (C=O) groups excluding carboxylic acids is 1. The van der Waals surface area contributed by atoms with Crippen molar-refractivity contribution in [1.29, 1.82) is 0 Å². The molecule has 0 bridgehead atoms. The second-order valence-corrected chi connectivity index (χ2v) is 6.96. The van der Waals surface area contributed by atoms with Crippen molar-refractivity contribution in [3.05, 3.63) is 23.2 Å². The van der Waals surface area contributed by atoms with Crippen LogP contribution in [0.15, 0.2) is 23.1 Å². The third-order valence-corrected chi connectivity index (χ3v) is 4.81. The normalized spacial score (nSPS) is 11.3. The average Bonchev–Trinajstić information content (AvgIpc) is 2.50. The molecule has 0 atom stereocenters. The summed E-state index contributed by atoms with van der Waals surface area (Å²) in [6, 6.07) is 4.12. The third-order valence-electron chi connectivity index (χ3n) is 3.12. The molecule has 0 heterocycles. The van der Waals surface area contributed by atoms with Crippen LogP contribution in [0.4, 0.5) is 0 Å². The van der Waals surface area contributed by atoms with Crippen molar-refractivity contribution in [3.63, 3.8) is 0 Å². The molecule has 0 saturated heterocycles. The molecule has 22 heavy (non-hydrogen) atoms. The Hall–Kier alpha value is -1.31. The number of methoxy groups -OCH3 is 1. The minimum absolute atomic E-state index is 0.0117. The molecule has 0 aliphatic heterocycles. The van der Waals surface area contributed by atoms with Gasteiger partial charge in [-0.1, -0.05) is 24.9 Å². The van der Waals surface area contributed by atoms with E-state index in [4.69, 9.17) is 16.3 Å². The molecular weight excluding hydrogens is 328 g/mol. The Morgan fingerprint density at radius 1 is 1.41 bits per heavy atom. The maximum Gasteiger partial charge on any atom is 0.241 e. The molecule has 0 radical (unpaired) electrons. The van der Waals surface area contributed by atoms with Gasteiger partial charge in [-0.05, 0) is 24.6 Å². The van der Waals surface area contributed by atoms with Gasteiger partial charge in [0.05, 0.1) is 23.6 Å². The van der Waals surface area contributed by atoms with Crippen molar-refractivity contribution >= 4 is 27.5 Å². The lowest BCUT2D eigenvalue weighted by Crippen LogP contribution is -2.38. The Morgan fingerprint density at radius 2 is 2.09 bits per heavy atom. The number of ether oxygens (including phenoxy) is 1. The van der Waals surface area contributed by atoms with Crippen LogP contribution in [-0.2, 0) is 14.8 Å². The number of sulfonamides is 1. The highest BCUT2D eigenvalue weighted by atomic mass is 35.5. The number of nitrogens with one attached hydrogen (secondary N) is 1. The molecule has 0 saturated carbocycles. The molecule has 6 nitrogen and oxygen atoms in total. The van der Waals surface area contributed by atoms with E-state index in [0.29, 0.717) is 12.3 Å². The van der Waals surface area contributed by atoms with E-state index in [-0.39, 0.29) is 22.4 Å². The molecule has 0 aromatic heterocycles. The zero-order valence-corrected chi connectivity index (χ0v) is 14.5. The molecule has 8 heteroatoms. The van der Waals surface area contributed by atoms with Gasteiger partial charge in [0.25, 0.3) is 0 Å². The molecule has 1 aromatic rings. The number of hydrogen-bond acceptors (Lipinski definition) is 4. The summed E-state index contributed by atoms with van der Waals surface area (Å²) < 4.78 is 31.5. The van der Waals surface area contributed by atoms with Crippen LogP contribution in [0.5, 0.6) is 5.75 Å². The Kier molecular flexibility index (Phi) is 7.12. The minimum Gasteiger partial charge on any atom is -0.495 e. The van der Waals surface area contributed by atoms with Gasteiger partial charge in [0, 0.05) is 13.6 Å². The van der Waals surface area contributed by atoms with Gasteiger partial charge in [-0.25, -0.2) is 13.1 Å². The van der Waals surface area contributed by atoms with Crippen LogP contribution in [0.25, 0.3) is 0 Å². The predicted octanol–water partition coefficient (Wildman–Crippen LogP) is 1.89. The van der Waals surface area contributed by atoms with Crippen LogP contribution in [0.3, 0.4) is 0 Å². The molecule has 1 aromatic carbocycles. The van der Waals surface area contributed by atoms with E-state index in [1.165, 1.54) is 30.2 Å². The molecule has 0 spiro atoms. The first kappa shape index (κ1) is 18.7. The Morgan fingerprint density at radius 3 is 2.64 bits per heavy atom.